The van der Waals surface area contributed by atoms with Gasteiger partial charge in [-0.1, -0.05) is 53.5 Å². The first-order chi connectivity index (χ1) is 13.9. The van der Waals surface area contributed by atoms with E-state index in [2.05, 4.69) is 10.3 Å². The highest BCUT2D eigenvalue weighted by Gasteiger charge is 2.42. The molecule has 0 saturated heterocycles. The van der Waals surface area contributed by atoms with Crippen molar-refractivity contribution in [3.8, 4) is 0 Å². The predicted molar refractivity (Wildman–Crippen MR) is 112 cm³/mol. The lowest BCUT2D eigenvalue weighted by molar-refractivity contribution is 0.103. The van der Waals surface area contributed by atoms with Crippen molar-refractivity contribution in [3.05, 3.63) is 101 Å². The minimum atomic E-state index is -0.749. The lowest BCUT2D eigenvalue weighted by atomic mass is 9.81. The maximum atomic E-state index is 13.3. The number of hydrogen-bond acceptors (Lipinski definition) is 4. The normalized spacial score (nSPS) is 16.9. The molecule has 5 rings (SSSR count). The van der Waals surface area contributed by atoms with Crippen molar-refractivity contribution in [2.24, 2.45) is 7.05 Å². The molecule has 2 N–H and O–H groups in total. The van der Waals surface area contributed by atoms with E-state index in [9.17, 15) is 14.4 Å². The number of nitrogens with one attached hydrogen (secondary N) is 2. The van der Waals surface area contributed by atoms with Gasteiger partial charge >= 0.3 is 5.69 Å². The average molecular weight is 426 g/mol. The van der Waals surface area contributed by atoms with Gasteiger partial charge in [-0.15, -0.1) is 0 Å². The van der Waals surface area contributed by atoms with Crippen LogP contribution in [0.5, 0.6) is 0 Å². The molecule has 0 unspecified atom stereocenters. The largest absolute Gasteiger partial charge is 0.340 e. The van der Waals surface area contributed by atoms with Gasteiger partial charge in [0.1, 0.15) is 5.82 Å². The van der Waals surface area contributed by atoms with E-state index in [0.29, 0.717) is 38.3 Å². The van der Waals surface area contributed by atoms with E-state index < -0.39 is 17.2 Å². The molecule has 0 bridgehead atoms. The number of ketones is 1. The molecule has 1 aromatic heterocycles. The number of carbonyl (C=O) groups is 1. The van der Waals surface area contributed by atoms with Crippen LogP contribution in [0.3, 0.4) is 0 Å². The van der Waals surface area contributed by atoms with E-state index in [-0.39, 0.29) is 11.3 Å². The highest BCUT2D eigenvalue weighted by Crippen LogP contribution is 2.49. The van der Waals surface area contributed by atoms with Crippen molar-refractivity contribution < 1.29 is 4.79 Å². The number of aromatic amines is 1. The maximum absolute atomic E-state index is 13.3. The van der Waals surface area contributed by atoms with E-state index in [1.165, 1.54) is 4.57 Å². The lowest BCUT2D eigenvalue weighted by Gasteiger charge is -2.29. The Morgan fingerprint density at radius 2 is 1.72 bits per heavy atom. The fourth-order valence-corrected chi connectivity index (χ4v) is 4.60. The van der Waals surface area contributed by atoms with Gasteiger partial charge in [-0.2, -0.15) is 0 Å². The van der Waals surface area contributed by atoms with Gasteiger partial charge in [-0.25, -0.2) is 4.79 Å². The Labute approximate surface area is 174 Å². The maximum Gasteiger partial charge on any atom is 0.329 e. The summed E-state index contributed by atoms with van der Waals surface area (Å²) < 4.78 is 1.32. The Morgan fingerprint density at radius 3 is 2.45 bits per heavy atom. The second-order valence-corrected chi connectivity index (χ2v) is 7.81. The summed E-state index contributed by atoms with van der Waals surface area (Å²) in [5, 5.41) is 3.93. The third-order valence-electron chi connectivity index (χ3n) is 5.41. The zero-order valence-electron chi connectivity index (χ0n) is 15.0. The van der Waals surface area contributed by atoms with Gasteiger partial charge in [0.2, 0.25) is 0 Å². The van der Waals surface area contributed by atoms with Crippen LogP contribution in [-0.4, -0.2) is 15.3 Å². The second-order valence-electron chi connectivity index (χ2n) is 6.97. The molecule has 6 nitrogen and oxygen atoms in total. The van der Waals surface area contributed by atoms with Gasteiger partial charge in [0.25, 0.3) is 5.56 Å². The number of Topliss-reactive ketones (excluding diaryl/α,β-unsaturated/α-hetero) is 1. The molecular weight excluding hydrogens is 413 g/mol. The first-order valence-electron chi connectivity index (χ1n) is 8.82. The lowest BCUT2D eigenvalue weighted by Crippen LogP contribution is -2.37. The van der Waals surface area contributed by atoms with Crippen LogP contribution in [0.15, 0.2) is 57.6 Å². The summed E-state index contributed by atoms with van der Waals surface area (Å²) in [6, 6.07) is 12.1. The Balaban J connectivity index is 1.89. The summed E-state index contributed by atoms with van der Waals surface area (Å²) in [5.74, 6) is -0.600. The van der Waals surface area contributed by atoms with E-state index in [4.69, 9.17) is 23.2 Å². The molecule has 2 aliphatic rings. The molecule has 0 fully saturated rings. The van der Waals surface area contributed by atoms with Gasteiger partial charge < -0.3 is 5.32 Å². The van der Waals surface area contributed by atoms with E-state index in [0.717, 1.165) is 5.56 Å². The minimum absolute atomic E-state index is 0.182. The Kier molecular flexibility index (Phi) is 3.84. The fourth-order valence-electron chi connectivity index (χ4n) is 4.08. The minimum Gasteiger partial charge on any atom is -0.340 e. The highest BCUT2D eigenvalue weighted by molar-refractivity contribution is 6.35. The average Bonchev–Trinajstić information content (AvgIpc) is 2.98. The summed E-state index contributed by atoms with van der Waals surface area (Å²) in [4.78, 5) is 40.7. The van der Waals surface area contributed by atoms with Crippen molar-refractivity contribution in [1.29, 1.82) is 0 Å². The Bertz CT molecular complexity index is 1380. The van der Waals surface area contributed by atoms with Crippen LogP contribution in [0.2, 0.25) is 10.0 Å². The van der Waals surface area contributed by atoms with Crippen LogP contribution in [0, 0.1) is 0 Å². The van der Waals surface area contributed by atoms with Crippen molar-refractivity contribution in [2.75, 3.05) is 5.32 Å². The van der Waals surface area contributed by atoms with Gasteiger partial charge in [-0.3, -0.25) is 19.1 Å². The van der Waals surface area contributed by atoms with Crippen molar-refractivity contribution in [2.45, 2.75) is 5.92 Å². The SMILES string of the molecule is Cn1c2c(c(=O)[nH]c1=O)[C@H](c1ccc(Cl)cc1Cl)C1=C(N2)c2ccccc2C1=O. The zero-order chi connectivity index (χ0) is 20.4. The number of anilines is 1. The monoisotopic (exact) mass is 425 g/mol. The molecule has 8 heteroatoms. The van der Waals surface area contributed by atoms with Crippen molar-refractivity contribution in [3.63, 3.8) is 0 Å². The molecule has 0 amide bonds. The van der Waals surface area contributed by atoms with E-state index >= 15 is 0 Å². The number of fused-ring (bicyclic) bond motifs is 3. The summed E-state index contributed by atoms with van der Waals surface area (Å²) in [6.45, 7) is 0. The van der Waals surface area contributed by atoms with Crippen LogP contribution in [-0.2, 0) is 7.05 Å². The second kappa shape index (κ2) is 6.20. The molecule has 0 radical (unpaired) electrons. The molecule has 2 heterocycles. The number of H-pyrrole nitrogens is 1. The molecule has 2 aromatic carbocycles. The topological polar surface area (TPSA) is 84.0 Å². The highest BCUT2D eigenvalue weighted by atomic mass is 35.5. The standard InChI is InChI=1S/C21H13Cl2N3O3/c1-26-19-16(20(28)25-21(26)29)14(12-7-6-9(22)8-13(12)23)15-17(24-19)10-4-2-3-5-11(10)18(15)27/h2-8,14,24H,1H3,(H,25,28,29)/t14-/m1/s1. The summed E-state index contributed by atoms with van der Waals surface area (Å²) in [6.07, 6.45) is 0. The molecule has 29 heavy (non-hydrogen) atoms. The van der Waals surface area contributed by atoms with Crippen LogP contribution >= 0.6 is 23.2 Å². The van der Waals surface area contributed by atoms with Gasteiger partial charge in [0, 0.05) is 33.8 Å². The Hall–Kier alpha value is -3.09. The molecule has 1 atom stereocenters. The van der Waals surface area contributed by atoms with Crippen LogP contribution in [0.25, 0.3) is 5.70 Å². The van der Waals surface area contributed by atoms with Crippen LogP contribution < -0.4 is 16.6 Å². The first-order valence-corrected chi connectivity index (χ1v) is 9.57. The quantitative estimate of drug-likeness (QED) is 0.624. The number of allylic oxidation sites excluding steroid dienone is 1. The number of carbonyl (C=O) groups excluding carboxylic acids is 1. The number of rotatable bonds is 1. The summed E-state index contributed by atoms with van der Waals surface area (Å²) >= 11 is 12.5. The van der Waals surface area contributed by atoms with E-state index in [1.54, 1.807) is 37.4 Å². The van der Waals surface area contributed by atoms with Gasteiger partial charge in [0.05, 0.1) is 17.2 Å². The van der Waals surface area contributed by atoms with Crippen LogP contribution in [0.1, 0.15) is 33.0 Å². The number of halogens is 2. The number of nitrogens with zero attached hydrogens (tertiary/aromatic N) is 1. The molecular formula is C21H13Cl2N3O3. The predicted octanol–water partition coefficient (Wildman–Crippen LogP) is 3.55. The first kappa shape index (κ1) is 18.0. The van der Waals surface area contributed by atoms with Gasteiger partial charge in [0.15, 0.2) is 5.78 Å². The molecule has 0 spiro atoms. The van der Waals surface area contributed by atoms with Crippen molar-refractivity contribution >= 4 is 40.5 Å². The smallest absolute Gasteiger partial charge is 0.329 e. The molecule has 3 aromatic rings. The zero-order valence-corrected chi connectivity index (χ0v) is 16.6. The van der Waals surface area contributed by atoms with Crippen LogP contribution in [0.4, 0.5) is 5.82 Å². The summed E-state index contributed by atoms with van der Waals surface area (Å²) in [7, 11) is 1.55. The van der Waals surface area contributed by atoms with Crippen molar-refractivity contribution in [1.82, 2.24) is 9.55 Å². The molecule has 1 aliphatic carbocycles. The number of benzene rings is 2. The number of hydrogen-bond donors (Lipinski definition) is 2. The summed E-state index contributed by atoms with van der Waals surface area (Å²) in [5.41, 5.74) is 1.97. The fraction of sp³-hybridized carbons (Fsp3) is 0.0952. The van der Waals surface area contributed by atoms with E-state index in [1.807, 2.05) is 12.1 Å². The Morgan fingerprint density at radius 1 is 1.00 bits per heavy atom. The van der Waals surface area contributed by atoms with Gasteiger partial charge in [-0.05, 0) is 17.7 Å². The number of aromatic nitrogens is 2. The third-order valence-corrected chi connectivity index (χ3v) is 5.97. The molecule has 144 valence electrons. The third kappa shape index (κ3) is 2.46. The molecule has 1 aliphatic heterocycles. The molecule has 0 saturated carbocycles.